The van der Waals surface area contributed by atoms with Crippen molar-refractivity contribution in [3.8, 4) is 0 Å². The zero-order chi connectivity index (χ0) is 13.6. The lowest BCUT2D eigenvalue weighted by Crippen LogP contribution is -2.53. The van der Waals surface area contributed by atoms with Crippen LogP contribution in [-0.2, 0) is 6.42 Å². The topological polar surface area (TPSA) is 29.3 Å². The summed E-state index contributed by atoms with van der Waals surface area (Å²) in [5.74, 6) is 0. The second-order valence-electron chi connectivity index (χ2n) is 4.90. The maximum atomic E-state index is 6.02. The molecule has 1 aromatic rings. The summed E-state index contributed by atoms with van der Waals surface area (Å²) < 4.78 is 0. The third-order valence-electron chi connectivity index (χ3n) is 3.71. The van der Waals surface area contributed by atoms with E-state index in [1.165, 1.54) is 10.5 Å². The summed E-state index contributed by atoms with van der Waals surface area (Å²) in [6, 6.07) is 8.84. The zero-order valence-corrected chi connectivity index (χ0v) is 12.9. The number of nitrogens with zero attached hydrogens (tertiary/aromatic N) is 1. The first-order valence-electron chi connectivity index (χ1n) is 6.67. The van der Waals surface area contributed by atoms with Crippen molar-refractivity contribution in [2.45, 2.75) is 37.6 Å². The summed E-state index contributed by atoms with van der Waals surface area (Å²) in [4.78, 5) is 3.77. The van der Waals surface area contributed by atoms with Gasteiger partial charge in [0.1, 0.15) is 0 Å². The largest absolute Gasteiger partial charge is 0.329 e. The highest BCUT2D eigenvalue weighted by molar-refractivity contribution is 7.98. The van der Waals surface area contributed by atoms with Crippen LogP contribution in [0.3, 0.4) is 0 Å². The van der Waals surface area contributed by atoms with Crippen molar-refractivity contribution in [1.82, 2.24) is 4.90 Å². The number of benzene rings is 1. The first kappa shape index (κ1) is 15.5. The Morgan fingerprint density at radius 3 is 2.11 bits per heavy atom. The molecule has 2 nitrogen and oxygen atoms in total. The van der Waals surface area contributed by atoms with Crippen molar-refractivity contribution in [1.29, 1.82) is 0 Å². The van der Waals surface area contributed by atoms with Gasteiger partial charge in [0.25, 0.3) is 0 Å². The third-order valence-corrected chi connectivity index (χ3v) is 4.45. The highest BCUT2D eigenvalue weighted by atomic mass is 32.2. The molecule has 1 rings (SSSR count). The molecule has 18 heavy (non-hydrogen) atoms. The predicted octanol–water partition coefficient (Wildman–Crippen LogP) is 3.01. The molecule has 3 heteroatoms. The number of hydrogen-bond acceptors (Lipinski definition) is 3. The van der Waals surface area contributed by atoms with Gasteiger partial charge in [0.05, 0.1) is 0 Å². The minimum atomic E-state index is 0.0599. The van der Waals surface area contributed by atoms with Gasteiger partial charge in [0, 0.05) is 17.0 Å². The molecule has 0 aliphatic carbocycles. The average molecular weight is 266 g/mol. The molecule has 1 unspecified atom stereocenters. The van der Waals surface area contributed by atoms with Crippen LogP contribution in [0.4, 0.5) is 0 Å². The Bertz CT molecular complexity index is 346. The Morgan fingerprint density at radius 2 is 1.72 bits per heavy atom. The third kappa shape index (κ3) is 3.74. The van der Waals surface area contributed by atoms with E-state index in [0.29, 0.717) is 6.54 Å². The van der Waals surface area contributed by atoms with Crippen molar-refractivity contribution in [2.75, 3.05) is 25.9 Å². The maximum Gasteiger partial charge on any atom is 0.0343 e. The molecular weight excluding hydrogens is 240 g/mol. The van der Waals surface area contributed by atoms with Crippen LogP contribution in [0.2, 0.25) is 0 Å². The lowest BCUT2D eigenvalue weighted by atomic mass is 9.91. The second-order valence-corrected chi connectivity index (χ2v) is 5.78. The molecular formula is C15H26N2S. The molecule has 1 atom stereocenters. The van der Waals surface area contributed by atoms with Crippen molar-refractivity contribution in [3.05, 3.63) is 29.8 Å². The summed E-state index contributed by atoms with van der Waals surface area (Å²) in [5, 5.41) is 0. The molecule has 102 valence electrons. The molecule has 2 N–H and O–H groups in total. The van der Waals surface area contributed by atoms with E-state index in [2.05, 4.69) is 56.2 Å². The number of hydrogen-bond donors (Lipinski definition) is 1. The summed E-state index contributed by atoms with van der Waals surface area (Å²) in [5.41, 5.74) is 7.45. The van der Waals surface area contributed by atoms with E-state index in [0.717, 1.165) is 19.5 Å². The Morgan fingerprint density at radius 1 is 1.17 bits per heavy atom. The fraction of sp³-hybridized carbons (Fsp3) is 0.600. The lowest BCUT2D eigenvalue weighted by molar-refractivity contribution is 0.124. The van der Waals surface area contributed by atoms with Gasteiger partial charge in [-0.3, -0.25) is 4.90 Å². The van der Waals surface area contributed by atoms with Gasteiger partial charge in [0.15, 0.2) is 0 Å². The van der Waals surface area contributed by atoms with Crippen LogP contribution in [0.15, 0.2) is 29.2 Å². The van der Waals surface area contributed by atoms with Crippen molar-refractivity contribution in [2.24, 2.45) is 5.73 Å². The molecule has 0 saturated carbocycles. The lowest BCUT2D eigenvalue weighted by Gasteiger charge is -2.39. The fourth-order valence-corrected chi connectivity index (χ4v) is 2.89. The van der Waals surface area contributed by atoms with E-state index in [9.17, 15) is 0 Å². The van der Waals surface area contributed by atoms with Crippen molar-refractivity contribution < 1.29 is 0 Å². The van der Waals surface area contributed by atoms with Crippen LogP contribution in [-0.4, -0.2) is 36.3 Å². The van der Waals surface area contributed by atoms with E-state index < -0.39 is 0 Å². The van der Waals surface area contributed by atoms with Gasteiger partial charge < -0.3 is 5.73 Å². The van der Waals surface area contributed by atoms with Gasteiger partial charge in [-0.15, -0.1) is 11.8 Å². The summed E-state index contributed by atoms with van der Waals surface area (Å²) >= 11 is 1.78. The normalized spacial score (nSPS) is 14.8. The molecule has 0 heterocycles. The Kier molecular flexibility index (Phi) is 6.19. The monoisotopic (exact) mass is 266 g/mol. The molecule has 0 saturated heterocycles. The molecule has 0 spiro atoms. The summed E-state index contributed by atoms with van der Waals surface area (Å²) in [6.07, 6.45) is 3.12. The Balaban J connectivity index is 2.83. The van der Waals surface area contributed by atoms with Gasteiger partial charge >= 0.3 is 0 Å². The van der Waals surface area contributed by atoms with Crippen LogP contribution < -0.4 is 5.73 Å². The first-order chi connectivity index (χ1) is 8.59. The molecule has 1 aromatic carbocycles. The minimum absolute atomic E-state index is 0.0599. The fourth-order valence-electron chi connectivity index (χ4n) is 2.48. The first-order valence-corrected chi connectivity index (χ1v) is 7.90. The van der Waals surface area contributed by atoms with Gasteiger partial charge in [0.2, 0.25) is 0 Å². The van der Waals surface area contributed by atoms with Gasteiger partial charge in [-0.2, -0.15) is 0 Å². The molecule has 0 fully saturated rings. The Labute approximate surface area is 116 Å². The van der Waals surface area contributed by atoms with E-state index >= 15 is 0 Å². The van der Waals surface area contributed by atoms with Crippen LogP contribution in [0.1, 0.15) is 26.3 Å². The van der Waals surface area contributed by atoms with Gasteiger partial charge in [-0.1, -0.05) is 26.0 Å². The smallest absolute Gasteiger partial charge is 0.0343 e. The molecule has 0 aromatic heterocycles. The molecule has 0 bridgehead atoms. The standard InChI is InChI=1S/C15H26N2S/c1-5-17(6-2)15(3,12-16)11-13-7-9-14(18-4)10-8-13/h7-10H,5-6,11-12,16H2,1-4H3. The summed E-state index contributed by atoms with van der Waals surface area (Å²) in [7, 11) is 0. The van der Waals surface area contributed by atoms with Gasteiger partial charge in [-0.25, -0.2) is 0 Å². The predicted molar refractivity (Wildman–Crippen MR) is 82.3 cm³/mol. The van der Waals surface area contributed by atoms with Crippen LogP contribution in [0.5, 0.6) is 0 Å². The van der Waals surface area contributed by atoms with Crippen molar-refractivity contribution >= 4 is 11.8 Å². The van der Waals surface area contributed by atoms with Crippen LogP contribution >= 0.6 is 11.8 Å². The van der Waals surface area contributed by atoms with Gasteiger partial charge in [-0.05, 0) is 50.4 Å². The molecule has 0 radical (unpaired) electrons. The SMILES string of the molecule is CCN(CC)C(C)(CN)Cc1ccc(SC)cc1. The second kappa shape index (κ2) is 7.17. The summed E-state index contributed by atoms with van der Waals surface area (Å²) in [6.45, 7) is 9.46. The number of likely N-dealkylation sites (N-methyl/N-ethyl adjacent to an activating group) is 1. The highest BCUT2D eigenvalue weighted by Crippen LogP contribution is 2.22. The minimum Gasteiger partial charge on any atom is -0.329 e. The zero-order valence-electron chi connectivity index (χ0n) is 12.1. The van der Waals surface area contributed by atoms with Crippen LogP contribution in [0.25, 0.3) is 0 Å². The molecule has 0 amide bonds. The number of rotatable bonds is 7. The van der Waals surface area contributed by atoms with E-state index in [1.807, 2.05) is 0 Å². The van der Waals surface area contributed by atoms with E-state index in [-0.39, 0.29) is 5.54 Å². The quantitative estimate of drug-likeness (QED) is 0.769. The maximum absolute atomic E-state index is 6.02. The van der Waals surface area contributed by atoms with E-state index in [1.54, 1.807) is 11.8 Å². The number of nitrogens with two attached hydrogens (primary N) is 1. The Hall–Kier alpha value is -0.510. The van der Waals surface area contributed by atoms with Crippen molar-refractivity contribution in [3.63, 3.8) is 0 Å². The van der Waals surface area contributed by atoms with E-state index in [4.69, 9.17) is 5.73 Å². The van der Waals surface area contributed by atoms with Crippen LogP contribution in [0, 0.1) is 0 Å². The molecule has 0 aliphatic rings. The molecule has 0 aliphatic heterocycles. The highest BCUT2D eigenvalue weighted by Gasteiger charge is 2.28. The number of thioether (sulfide) groups is 1. The average Bonchev–Trinajstić information content (AvgIpc) is 2.41.